The van der Waals surface area contributed by atoms with Crippen LogP contribution in [0.4, 0.5) is 8.78 Å². The third kappa shape index (κ3) is 4.24. The highest BCUT2D eigenvalue weighted by atomic mass is 19.3. The standard InChI is InChI=1S/C10H17F2N3O/c1-2-16-7-3-4-13-8-9-14-5-6-15(9)10(11)12/h5-6,10,13H,2-4,7-8H2,1H3. The minimum atomic E-state index is -2.53. The molecule has 0 aliphatic heterocycles. The molecule has 92 valence electrons. The molecule has 0 saturated carbocycles. The zero-order chi connectivity index (χ0) is 11.8. The average molecular weight is 233 g/mol. The summed E-state index contributed by atoms with van der Waals surface area (Å²) in [5, 5.41) is 3.05. The summed E-state index contributed by atoms with van der Waals surface area (Å²) in [4.78, 5) is 3.86. The van der Waals surface area contributed by atoms with Crippen molar-refractivity contribution in [3.05, 3.63) is 18.2 Å². The van der Waals surface area contributed by atoms with E-state index >= 15 is 0 Å². The lowest BCUT2D eigenvalue weighted by Crippen LogP contribution is -2.19. The first-order valence-electron chi connectivity index (χ1n) is 5.34. The van der Waals surface area contributed by atoms with E-state index in [2.05, 4.69) is 10.3 Å². The maximum absolute atomic E-state index is 12.4. The molecule has 1 aromatic heterocycles. The molecule has 0 amide bonds. The number of hydrogen-bond donors (Lipinski definition) is 1. The predicted molar refractivity (Wildman–Crippen MR) is 56.3 cm³/mol. The maximum Gasteiger partial charge on any atom is 0.319 e. The Labute approximate surface area is 93.6 Å². The van der Waals surface area contributed by atoms with Gasteiger partial charge >= 0.3 is 6.55 Å². The second-order valence-electron chi connectivity index (χ2n) is 3.26. The van der Waals surface area contributed by atoms with Gasteiger partial charge in [-0.3, -0.25) is 4.57 Å². The summed E-state index contributed by atoms with van der Waals surface area (Å²) in [6, 6.07) is 0. The van der Waals surface area contributed by atoms with E-state index in [9.17, 15) is 8.78 Å². The number of rotatable bonds is 8. The lowest BCUT2D eigenvalue weighted by molar-refractivity contribution is 0.0665. The van der Waals surface area contributed by atoms with Crippen LogP contribution in [0.5, 0.6) is 0 Å². The van der Waals surface area contributed by atoms with Crippen molar-refractivity contribution < 1.29 is 13.5 Å². The highest BCUT2D eigenvalue weighted by Gasteiger charge is 2.10. The maximum atomic E-state index is 12.4. The SMILES string of the molecule is CCOCCCNCc1nccn1C(F)F. The monoisotopic (exact) mass is 233 g/mol. The van der Waals surface area contributed by atoms with Gasteiger partial charge in [0.15, 0.2) is 0 Å². The van der Waals surface area contributed by atoms with Crippen molar-refractivity contribution in [2.24, 2.45) is 0 Å². The topological polar surface area (TPSA) is 39.1 Å². The van der Waals surface area contributed by atoms with Gasteiger partial charge in [0.1, 0.15) is 5.82 Å². The minimum Gasteiger partial charge on any atom is -0.382 e. The summed E-state index contributed by atoms with van der Waals surface area (Å²) in [5.41, 5.74) is 0. The predicted octanol–water partition coefficient (Wildman–Crippen LogP) is 1.79. The summed E-state index contributed by atoms with van der Waals surface area (Å²) < 4.78 is 30.8. The van der Waals surface area contributed by atoms with Gasteiger partial charge in [0.25, 0.3) is 0 Å². The van der Waals surface area contributed by atoms with Gasteiger partial charge in [0.05, 0.1) is 6.54 Å². The summed E-state index contributed by atoms with van der Waals surface area (Å²) in [7, 11) is 0. The Hall–Kier alpha value is -1.01. The number of ether oxygens (including phenoxy) is 1. The molecule has 0 aliphatic rings. The van der Waals surface area contributed by atoms with E-state index in [1.165, 1.54) is 12.4 Å². The van der Waals surface area contributed by atoms with Gasteiger partial charge in [0.2, 0.25) is 0 Å². The summed E-state index contributed by atoms with van der Waals surface area (Å²) in [6.07, 6.45) is 3.52. The molecule has 4 nitrogen and oxygen atoms in total. The molecule has 0 fully saturated rings. The fraction of sp³-hybridized carbons (Fsp3) is 0.700. The first-order valence-corrected chi connectivity index (χ1v) is 5.34. The molecule has 0 aliphatic carbocycles. The van der Waals surface area contributed by atoms with E-state index in [1.807, 2.05) is 6.92 Å². The Balaban J connectivity index is 2.19. The highest BCUT2D eigenvalue weighted by molar-refractivity contribution is 4.92. The van der Waals surface area contributed by atoms with Crippen LogP contribution in [0, 0.1) is 0 Å². The number of imidazole rings is 1. The number of aromatic nitrogens is 2. The molecule has 16 heavy (non-hydrogen) atoms. The molecule has 0 saturated heterocycles. The molecule has 0 spiro atoms. The molecule has 0 aromatic carbocycles. The number of nitrogens with zero attached hydrogens (tertiary/aromatic N) is 2. The fourth-order valence-electron chi connectivity index (χ4n) is 1.30. The summed E-state index contributed by atoms with van der Waals surface area (Å²) >= 11 is 0. The second kappa shape index (κ2) is 7.29. The molecule has 1 rings (SSSR count). The quantitative estimate of drug-likeness (QED) is 0.696. The molecule has 0 unspecified atom stereocenters. The van der Waals surface area contributed by atoms with Crippen LogP contribution in [-0.2, 0) is 11.3 Å². The van der Waals surface area contributed by atoms with Crippen LogP contribution in [0.15, 0.2) is 12.4 Å². The zero-order valence-electron chi connectivity index (χ0n) is 9.33. The molecule has 1 aromatic rings. The highest BCUT2D eigenvalue weighted by Crippen LogP contribution is 2.11. The van der Waals surface area contributed by atoms with E-state index in [-0.39, 0.29) is 0 Å². The lowest BCUT2D eigenvalue weighted by Gasteiger charge is -2.07. The molecular weight excluding hydrogens is 216 g/mol. The summed E-state index contributed by atoms with van der Waals surface area (Å²) in [5.74, 6) is 0.353. The number of nitrogens with one attached hydrogen (secondary N) is 1. The molecule has 6 heteroatoms. The fourth-order valence-corrected chi connectivity index (χ4v) is 1.30. The smallest absolute Gasteiger partial charge is 0.319 e. The van der Waals surface area contributed by atoms with Gasteiger partial charge in [-0.2, -0.15) is 8.78 Å². The third-order valence-corrected chi connectivity index (χ3v) is 2.09. The average Bonchev–Trinajstić information content (AvgIpc) is 2.71. The van der Waals surface area contributed by atoms with Crippen molar-refractivity contribution >= 4 is 0 Å². The third-order valence-electron chi connectivity index (χ3n) is 2.09. The van der Waals surface area contributed by atoms with Crippen LogP contribution in [0.2, 0.25) is 0 Å². The molecule has 0 bridgehead atoms. The Kier molecular flexibility index (Phi) is 5.95. The van der Waals surface area contributed by atoms with Crippen LogP contribution in [0.1, 0.15) is 25.7 Å². The van der Waals surface area contributed by atoms with Crippen LogP contribution in [0.3, 0.4) is 0 Å². The Morgan fingerprint density at radius 2 is 2.38 bits per heavy atom. The Morgan fingerprint density at radius 3 is 3.06 bits per heavy atom. The van der Waals surface area contributed by atoms with Crippen molar-refractivity contribution in [3.8, 4) is 0 Å². The molecule has 1 N–H and O–H groups in total. The van der Waals surface area contributed by atoms with Gasteiger partial charge < -0.3 is 10.1 Å². The van der Waals surface area contributed by atoms with Crippen molar-refractivity contribution in [1.29, 1.82) is 0 Å². The van der Waals surface area contributed by atoms with E-state index in [0.29, 0.717) is 25.6 Å². The number of alkyl halides is 2. The second-order valence-corrected chi connectivity index (χ2v) is 3.26. The molecular formula is C10H17F2N3O. The first kappa shape index (κ1) is 13.1. The number of halogens is 2. The van der Waals surface area contributed by atoms with Crippen molar-refractivity contribution in [2.45, 2.75) is 26.4 Å². The summed E-state index contributed by atoms with van der Waals surface area (Å²) in [6.45, 7) is 1.89. The number of hydrogen-bond acceptors (Lipinski definition) is 3. The molecule has 0 atom stereocenters. The van der Waals surface area contributed by atoms with E-state index in [0.717, 1.165) is 17.5 Å². The van der Waals surface area contributed by atoms with Gasteiger partial charge in [-0.15, -0.1) is 0 Å². The van der Waals surface area contributed by atoms with E-state index < -0.39 is 6.55 Å². The molecule has 0 radical (unpaired) electrons. The van der Waals surface area contributed by atoms with Crippen LogP contribution in [-0.4, -0.2) is 29.3 Å². The normalized spacial score (nSPS) is 11.2. The van der Waals surface area contributed by atoms with E-state index in [4.69, 9.17) is 4.74 Å². The zero-order valence-corrected chi connectivity index (χ0v) is 9.33. The van der Waals surface area contributed by atoms with Gasteiger partial charge in [-0.1, -0.05) is 0 Å². The minimum absolute atomic E-state index is 0.351. The van der Waals surface area contributed by atoms with E-state index in [1.54, 1.807) is 0 Å². The molecule has 1 heterocycles. The van der Waals surface area contributed by atoms with Gasteiger partial charge in [0, 0.05) is 25.6 Å². The van der Waals surface area contributed by atoms with Crippen molar-refractivity contribution in [3.63, 3.8) is 0 Å². The van der Waals surface area contributed by atoms with Gasteiger partial charge in [-0.25, -0.2) is 4.98 Å². The first-order chi connectivity index (χ1) is 7.75. The lowest BCUT2D eigenvalue weighted by atomic mass is 10.4. The van der Waals surface area contributed by atoms with Crippen molar-refractivity contribution in [1.82, 2.24) is 14.9 Å². The Morgan fingerprint density at radius 1 is 1.56 bits per heavy atom. The van der Waals surface area contributed by atoms with Crippen LogP contribution >= 0.6 is 0 Å². The van der Waals surface area contributed by atoms with Crippen LogP contribution in [0.25, 0.3) is 0 Å². The largest absolute Gasteiger partial charge is 0.382 e. The van der Waals surface area contributed by atoms with Crippen LogP contribution < -0.4 is 5.32 Å². The Bertz CT molecular complexity index is 291. The van der Waals surface area contributed by atoms with Gasteiger partial charge in [-0.05, 0) is 19.9 Å². The van der Waals surface area contributed by atoms with Crippen molar-refractivity contribution in [2.75, 3.05) is 19.8 Å².